The van der Waals surface area contributed by atoms with Gasteiger partial charge in [-0.2, -0.15) is 0 Å². The van der Waals surface area contributed by atoms with Crippen LogP contribution in [0.5, 0.6) is 5.75 Å². The molecule has 98 valence electrons. The Labute approximate surface area is 119 Å². The van der Waals surface area contributed by atoms with Crippen molar-refractivity contribution >= 4 is 29.0 Å². The van der Waals surface area contributed by atoms with Crippen molar-refractivity contribution in [2.24, 2.45) is 0 Å². The fraction of sp³-hybridized carbons (Fsp3) is 0.0714. The molecule has 0 bridgehead atoms. The minimum absolute atomic E-state index is 0.0684. The molecule has 0 unspecified atom stereocenters. The second-order valence-electron chi connectivity index (χ2n) is 3.80. The molecule has 5 heteroatoms. The molecule has 0 saturated heterocycles. The molecule has 2 nitrogen and oxygen atoms in total. The Hall–Kier alpha value is -1.58. The molecule has 0 spiro atoms. The van der Waals surface area contributed by atoms with Crippen molar-refractivity contribution in [3.05, 3.63) is 63.4 Å². The van der Waals surface area contributed by atoms with Gasteiger partial charge in [-0.3, -0.25) is 4.79 Å². The number of ether oxygens (including phenoxy) is 1. The van der Waals surface area contributed by atoms with Crippen molar-refractivity contribution in [3.63, 3.8) is 0 Å². The molecule has 0 radical (unpaired) electrons. The molecule has 0 aliphatic rings. The molecule has 0 aliphatic heterocycles. The van der Waals surface area contributed by atoms with E-state index in [1.54, 1.807) is 12.1 Å². The lowest BCUT2D eigenvalue weighted by atomic mass is 10.0. The Morgan fingerprint density at radius 3 is 2.47 bits per heavy atom. The summed E-state index contributed by atoms with van der Waals surface area (Å²) >= 11 is 11.7. The van der Waals surface area contributed by atoms with Gasteiger partial charge in [0, 0.05) is 11.1 Å². The first-order valence-electron chi connectivity index (χ1n) is 5.36. The van der Waals surface area contributed by atoms with Crippen LogP contribution in [0.15, 0.2) is 36.4 Å². The summed E-state index contributed by atoms with van der Waals surface area (Å²) in [5, 5.41) is 0.475. The molecule has 0 saturated carbocycles. The van der Waals surface area contributed by atoms with Crippen LogP contribution in [0.2, 0.25) is 10.0 Å². The second-order valence-corrected chi connectivity index (χ2v) is 4.62. The third-order valence-corrected chi connectivity index (χ3v) is 3.21. The zero-order valence-corrected chi connectivity index (χ0v) is 11.4. The van der Waals surface area contributed by atoms with Crippen LogP contribution in [0.3, 0.4) is 0 Å². The molecule has 0 aromatic heterocycles. The van der Waals surface area contributed by atoms with Gasteiger partial charge in [0.2, 0.25) is 0 Å². The average molecular weight is 299 g/mol. The molecule has 2 aromatic carbocycles. The van der Waals surface area contributed by atoms with Crippen LogP contribution in [-0.2, 0) is 0 Å². The first-order chi connectivity index (χ1) is 9.02. The molecule has 0 atom stereocenters. The van der Waals surface area contributed by atoms with E-state index in [1.807, 2.05) is 0 Å². The van der Waals surface area contributed by atoms with Crippen LogP contribution < -0.4 is 4.74 Å². The van der Waals surface area contributed by atoms with Crippen LogP contribution >= 0.6 is 23.2 Å². The van der Waals surface area contributed by atoms with Crippen molar-refractivity contribution in [2.75, 3.05) is 7.11 Å². The molecular weight excluding hydrogens is 290 g/mol. The Kier molecular flexibility index (Phi) is 4.08. The van der Waals surface area contributed by atoms with Gasteiger partial charge >= 0.3 is 0 Å². The summed E-state index contributed by atoms with van der Waals surface area (Å²) in [7, 11) is 1.46. The lowest BCUT2D eigenvalue weighted by molar-refractivity contribution is 0.103. The number of benzene rings is 2. The summed E-state index contributed by atoms with van der Waals surface area (Å²) < 4.78 is 18.0. The summed E-state index contributed by atoms with van der Waals surface area (Å²) in [6.07, 6.45) is 0. The van der Waals surface area contributed by atoms with Gasteiger partial charge in [-0.1, -0.05) is 23.2 Å². The second kappa shape index (κ2) is 5.59. The van der Waals surface area contributed by atoms with E-state index in [0.29, 0.717) is 16.3 Å². The summed E-state index contributed by atoms with van der Waals surface area (Å²) in [5.41, 5.74) is 0.599. The van der Waals surface area contributed by atoms with Crippen molar-refractivity contribution in [1.29, 1.82) is 0 Å². The molecular formula is C14H9Cl2FO2. The van der Waals surface area contributed by atoms with Gasteiger partial charge < -0.3 is 4.74 Å². The molecule has 0 fully saturated rings. The SMILES string of the molecule is COc1cc(C(=O)c2ccc(F)cc2Cl)ccc1Cl. The van der Waals surface area contributed by atoms with Gasteiger partial charge in [0.05, 0.1) is 17.2 Å². The highest BCUT2D eigenvalue weighted by Gasteiger charge is 2.15. The number of carbonyl (C=O) groups is 1. The third-order valence-electron chi connectivity index (χ3n) is 2.59. The van der Waals surface area contributed by atoms with E-state index in [-0.39, 0.29) is 16.4 Å². The molecule has 0 heterocycles. The van der Waals surface area contributed by atoms with Crippen LogP contribution in [-0.4, -0.2) is 12.9 Å². The van der Waals surface area contributed by atoms with Crippen LogP contribution in [0.1, 0.15) is 15.9 Å². The lowest BCUT2D eigenvalue weighted by Gasteiger charge is -2.07. The van der Waals surface area contributed by atoms with E-state index in [4.69, 9.17) is 27.9 Å². The van der Waals surface area contributed by atoms with Gasteiger partial charge in [0.25, 0.3) is 0 Å². The highest BCUT2D eigenvalue weighted by molar-refractivity contribution is 6.35. The Bertz CT molecular complexity index is 641. The fourth-order valence-electron chi connectivity index (χ4n) is 1.63. The topological polar surface area (TPSA) is 26.3 Å². The van der Waals surface area contributed by atoms with Gasteiger partial charge in [0.1, 0.15) is 11.6 Å². The highest BCUT2D eigenvalue weighted by Crippen LogP contribution is 2.27. The molecule has 0 aliphatic carbocycles. The normalized spacial score (nSPS) is 10.3. The number of hydrogen-bond donors (Lipinski definition) is 0. The largest absolute Gasteiger partial charge is 0.495 e. The Balaban J connectivity index is 2.44. The predicted octanol–water partition coefficient (Wildman–Crippen LogP) is 4.37. The van der Waals surface area contributed by atoms with Crippen LogP contribution in [0.4, 0.5) is 4.39 Å². The van der Waals surface area contributed by atoms with Crippen molar-refractivity contribution < 1.29 is 13.9 Å². The number of hydrogen-bond acceptors (Lipinski definition) is 2. The number of methoxy groups -OCH3 is 1. The first-order valence-corrected chi connectivity index (χ1v) is 6.12. The molecule has 19 heavy (non-hydrogen) atoms. The lowest BCUT2D eigenvalue weighted by Crippen LogP contribution is -2.03. The monoisotopic (exact) mass is 298 g/mol. The number of ketones is 1. The van der Waals surface area contributed by atoms with Gasteiger partial charge in [-0.05, 0) is 36.4 Å². The standard InChI is InChI=1S/C14H9Cl2FO2/c1-19-13-6-8(2-5-11(13)15)14(18)10-4-3-9(17)7-12(10)16/h2-7H,1H3. The average Bonchev–Trinajstić information content (AvgIpc) is 2.38. The quantitative estimate of drug-likeness (QED) is 0.787. The molecule has 2 rings (SSSR count). The van der Waals surface area contributed by atoms with E-state index < -0.39 is 5.82 Å². The zero-order valence-electron chi connectivity index (χ0n) is 9.91. The maximum absolute atomic E-state index is 13.0. The van der Waals surface area contributed by atoms with E-state index >= 15 is 0 Å². The first kappa shape index (κ1) is 13.8. The van der Waals surface area contributed by atoms with E-state index in [1.165, 1.54) is 25.3 Å². The van der Waals surface area contributed by atoms with Crippen molar-refractivity contribution in [1.82, 2.24) is 0 Å². The molecule has 2 aromatic rings. The van der Waals surface area contributed by atoms with Crippen molar-refractivity contribution in [3.8, 4) is 5.75 Å². The van der Waals surface area contributed by atoms with E-state index in [0.717, 1.165) is 6.07 Å². The van der Waals surface area contributed by atoms with Crippen LogP contribution in [0, 0.1) is 5.82 Å². The molecule has 0 N–H and O–H groups in total. The highest BCUT2D eigenvalue weighted by atomic mass is 35.5. The fourth-order valence-corrected chi connectivity index (χ4v) is 2.08. The van der Waals surface area contributed by atoms with Gasteiger partial charge in [-0.25, -0.2) is 4.39 Å². The third kappa shape index (κ3) is 2.88. The summed E-state index contributed by atoms with van der Waals surface area (Å²) in [6, 6.07) is 8.28. The minimum Gasteiger partial charge on any atom is -0.495 e. The Morgan fingerprint density at radius 1 is 1.11 bits per heavy atom. The molecule has 0 amide bonds. The van der Waals surface area contributed by atoms with Crippen LogP contribution in [0.25, 0.3) is 0 Å². The van der Waals surface area contributed by atoms with E-state index in [2.05, 4.69) is 0 Å². The number of carbonyl (C=O) groups excluding carboxylic acids is 1. The van der Waals surface area contributed by atoms with Gasteiger partial charge in [-0.15, -0.1) is 0 Å². The smallest absolute Gasteiger partial charge is 0.194 e. The maximum atomic E-state index is 13.0. The zero-order chi connectivity index (χ0) is 14.0. The number of rotatable bonds is 3. The predicted molar refractivity (Wildman–Crippen MR) is 72.8 cm³/mol. The summed E-state index contributed by atoms with van der Waals surface area (Å²) in [4.78, 5) is 12.3. The summed E-state index contributed by atoms with van der Waals surface area (Å²) in [5.74, 6) is -0.416. The Morgan fingerprint density at radius 2 is 1.84 bits per heavy atom. The minimum atomic E-state index is -0.491. The maximum Gasteiger partial charge on any atom is 0.194 e. The van der Waals surface area contributed by atoms with E-state index in [9.17, 15) is 9.18 Å². The van der Waals surface area contributed by atoms with Crippen molar-refractivity contribution in [2.45, 2.75) is 0 Å². The van der Waals surface area contributed by atoms with Gasteiger partial charge in [0.15, 0.2) is 5.78 Å². The summed E-state index contributed by atoms with van der Waals surface area (Å²) in [6.45, 7) is 0. The number of halogens is 3.